The third-order valence-electron chi connectivity index (χ3n) is 2.65. The Morgan fingerprint density at radius 3 is 2.85 bits per heavy atom. The molecular weight excluding hydrogens is 304 g/mol. The molecule has 0 fully saturated rings. The summed E-state index contributed by atoms with van der Waals surface area (Å²) < 4.78 is 1.70. The second-order valence-electron chi connectivity index (χ2n) is 4.01. The summed E-state index contributed by atoms with van der Waals surface area (Å²) in [5.41, 5.74) is -0.962. The Hall–Kier alpha value is -2.19. The Kier molecular flexibility index (Phi) is 3.03. The number of halogens is 1. The van der Waals surface area contributed by atoms with Crippen LogP contribution >= 0.6 is 22.9 Å². The van der Waals surface area contributed by atoms with Crippen molar-refractivity contribution in [3.05, 3.63) is 59.7 Å². The van der Waals surface area contributed by atoms with Crippen LogP contribution in [0.1, 0.15) is 5.82 Å². The molecule has 0 spiro atoms. The SMILES string of the molecule is O=c1[nH]c(=O)n(Cc2nc3ccsc3c(=O)[nH]2)cc1Cl. The van der Waals surface area contributed by atoms with Crippen molar-refractivity contribution < 1.29 is 0 Å². The molecule has 0 saturated carbocycles. The fraction of sp³-hybridized carbons (Fsp3) is 0.0909. The maximum Gasteiger partial charge on any atom is 0.328 e. The molecule has 0 aromatic carbocycles. The zero-order valence-electron chi connectivity index (χ0n) is 9.84. The Balaban J connectivity index is 2.09. The van der Waals surface area contributed by atoms with Crippen LogP contribution in [0.25, 0.3) is 10.2 Å². The Morgan fingerprint density at radius 1 is 1.25 bits per heavy atom. The second-order valence-corrected chi connectivity index (χ2v) is 5.34. The van der Waals surface area contributed by atoms with Crippen molar-refractivity contribution in [2.45, 2.75) is 6.54 Å². The van der Waals surface area contributed by atoms with Gasteiger partial charge in [0.15, 0.2) is 0 Å². The minimum absolute atomic E-state index is 0.0103. The summed E-state index contributed by atoms with van der Waals surface area (Å²) in [6.45, 7) is 0.0103. The highest BCUT2D eigenvalue weighted by Crippen LogP contribution is 2.13. The molecule has 20 heavy (non-hydrogen) atoms. The van der Waals surface area contributed by atoms with Gasteiger partial charge in [-0.15, -0.1) is 11.3 Å². The van der Waals surface area contributed by atoms with E-state index in [1.807, 2.05) is 0 Å². The molecule has 9 heteroatoms. The number of hydrogen-bond acceptors (Lipinski definition) is 5. The van der Waals surface area contributed by atoms with Gasteiger partial charge >= 0.3 is 5.69 Å². The summed E-state index contributed by atoms with van der Waals surface area (Å²) >= 11 is 6.96. The third-order valence-corrected chi connectivity index (χ3v) is 3.82. The van der Waals surface area contributed by atoms with Crippen LogP contribution in [0, 0.1) is 0 Å². The number of fused-ring (bicyclic) bond motifs is 1. The zero-order chi connectivity index (χ0) is 14.3. The van der Waals surface area contributed by atoms with Crippen molar-refractivity contribution in [1.82, 2.24) is 19.5 Å². The van der Waals surface area contributed by atoms with Crippen LogP contribution in [0.3, 0.4) is 0 Å². The van der Waals surface area contributed by atoms with Crippen molar-refractivity contribution in [3.63, 3.8) is 0 Å². The standard InChI is InChI=1S/C11H7ClN4O3S/c12-5-3-16(11(19)15-9(5)17)4-7-13-6-1-2-20-8(6)10(18)14-7/h1-3H,4H2,(H,13,14,18)(H,15,17,19). The number of hydrogen-bond donors (Lipinski definition) is 2. The molecule has 0 bridgehead atoms. The van der Waals surface area contributed by atoms with Crippen LogP contribution in [0.2, 0.25) is 5.02 Å². The van der Waals surface area contributed by atoms with Gasteiger partial charge in [0.2, 0.25) is 0 Å². The molecule has 3 aromatic heterocycles. The van der Waals surface area contributed by atoms with E-state index in [1.54, 1.807) is 11.4 Å². The smallest absolute Gasteiger partial charge is 0.308 e. The molecule has 0 aliphatic heterocycles. The second kappa shape index (κ2) is 4.73. The zero-order valence-corrected chi connectivity index (χ0v) is 11.4. The van der Waals surface area contributed by atoms with Crippen LogP contribution in [0.5, 0.6) is 0 Å². The van der Waals surface area contributed by atoms with Gasteiger partial charge in [0.25, 0.3) is 11.1 Å². The van der Waals surface area contributed by atoms with E-state index >= 15 is 0 Å². The predicted molar refractivity (Wildman–Crippen MR) is 75.7 cm³/mol. The number of thiophene rings is 1. The first-order valence-corrected chi connectivity index (χ1v) is 6.76. The fourth-order valence-corrected chi connectivity index (χ4v) is 2.65. The highest BCUT2D eigenvalue weighted by molar-refractivity contribution is 7.17. The predicted octanol–water partition coefficient (Wildman–Crippen LogP) is 0.536. The van der Waals surface area contributed by atoms with E-state index < -0.39 is 11.2 Å². The third kappa shape index (κ3) is 2.19. The first-order chi connectivity index (χ1) is 9.54. The van der Waals surface area contributed by atoms with Gasteiger partial charge < -0.3 is 4.98 Å². The van der Waals surface area contributed by atoms with Gasteiger partial charge in [0.1, 0.15) is 15.5 Å². The molecule has 0 aliphatic carbocycles. The molecule has 3 rings (SSSR count). The maximum atomic E-state index is 11.8. The molecule has 2 N–H and O–H groups in total. The largest absolute Gasteiger partial charge is 0.328 e. The summed E-state index contributed by atoms with van der Waals surface area (Å²) in [5.74, 6) is 0.311. The van der Waals surface area contributed by atoms with E-state index in [4.69, 9.17) is 11.6 Å². The summed E-state index contributed by atoms with van der Waals surface area (Å²) in [7, 11) is 0. The average Bonchev–Trinajstić information content (AvgIpc) is 2.85. The number of aromatic amines is 2. The number of nitrogens with zero attached hydrogens (tertiary/aromatic N) is 2. The van der Waals surface area contributed by atoms with Crippen molar-refractivity contribution in [2.24, 2.45) is 0 Å². The van der Waals surface area contributed by atoms with E-state index in [1.165, 1.54) is 22.1 Å². The molecule has 0 atom stereocenters. The number of nitrogens with one attached hydrogen (secondary N) is 2. The molecule has 0 amide bonds. The molecule has 0 radical (unpaired) electrons. The number of H-pyrrole nitrogens is 2. The van der Waals surface area contributed by atoms with Crippen LogP contribution in [-0.4, -0.2) is 19.5 Å². The normalized spacial score (nSPS) is 11.1. The summed E-state index contributed by atoms with van der Waals surface area (Å²) in [4.78, 5) is 43.5. The quantitative estimate of drug-likeness (QED) is 0.721. The molecular formula is C11H7ClN4O3S. The van der Waals surface area contributed by atoms with Crippen LogP contribution in [0.15, 0.2) is 32.0 Å². The Labute approximate surface area is 119 Å². The minimum atomic E-state index is -0.650. The van der Waals surface area contributed by atoms with Gasteiger partial charge in [-0.1, -0.05) is 11.6 Å². The summed E-state index contributed by atoms with van der Waals surface area (Å²) in [5, 5.41) is 1.66. The van der Waals surface area contributed by atoms with Gasteiger partial charge in [-0.2, -0.15) is 0 Å². The van der Waals surface area contributed by atoms with Crippen LogP contribution in [0.4, 0.5) is 0 Å². The molecule has 3 aromatic rings. The fourth-order valence-electron chi connectivity index (χ4n) is 1.76. The highest BCUT2D eigenvalue weighted by atomic mass is 35.5. The first-order valence-electron chi connectivity index (χ1n) is 5.50. The maximum absolute atomic E-state index is 11.8. The number of aromatic nitrogens is 4. The van der Waals surface area contributed by atoms with Crippen molar-refractivity contribution in [1.29, 1.82) is 0 Å². The number of rotatable bonds is 2. The molecule has 7 nitrogen and oxygen atoms in total. The molecule has 0 saturated heterocycles. The van der Waals surface area contributed by atoms with Gasteiger partial charge in [-0.25, -0.2) is 9.78 Å². The molecule has 0 aliphatic rings. The topological polar surface area (TPSA) is 101 Å². The highest BCUT2D eigenvalue weighted by Gasteiger charge is 2.08. The lowest BCUT2D eigenvalue weighted by atomic mass is 10.4. The van der Waals surface area contributed by atoms with Crippen LogP contribution < -0.4 is 16.8 Å². The van der Waals surface area contributed by atoms with Gasteiger partial charge in [0, 0.05) is 6.20 Å². The van der Waals surface area contributed by atoms with E-state index in [2.05, 4.69) is 15.0 Å². The lowest BCUT2D eigenvalue weighted by Gasteiger charge is -2.04. The van der Waals surface area contributed by atoms with Gasteiger partial charge in [-0.3, -0.25) is 19.1 Å². The lowest BCUT2D eigenvalue weighted by Crippen LogP contribution is -2.30. The Morgan fingerprint density at radius 2 is 2.05 bits per heavy atom. The molecule has 0 unspecified atom stereocenters. The summed E-state index contributed by atoms with van der Waals surface area (Å²) in [6.07, 6.45) is 1.21. The van der Waals surface area contributed by atoms with E-state index in [0.29, 0.717) is 16.0 Å². The van der Waals surface area contributed by atoms with E-state index in [9.17, 15) is 14.4 Å². The average molecular weight is 311 g/mol. The monoisotopic (exact) mass is 310 g/mol. The van der Waals surface area contributed by atoms with E-state index in [0.717, 1.165) is 0 Å². The Bertz CT molecular complexity index is 968. The van der Waals surface area contributed by atoms with Crippen molar-refractivity contribution in [3.8, 4) is 0 Å². The summed E-state index contributed by atoms with van der Waals surface area (Å²) in [6, 6.07) is 1.72. The van der Waals surface area contributed by atoms with Crippen molar-refractivity contribution in [2.75, 3.05) is 0 Å². The molecule has 102 valence electrons. The van der Waals surface area contributed by atoms with E-state index in [-0.39, 0.29) is 17.1 Å². The van der Waals surface area contributed by atoms with Crippen LogP contribution in [-0.2, 0) is 6.54 Å². The van der Waals surface area contributed by atoms with Crippen molar-refractivity contribution >= 4 is 33.2 Å². The van der Waals surface area contributed by atoms with Gasteiger partial charge in [0.05, 0.1) is 12.1 Å². The first kappa shape index (κ1) is 12.8. The van der Waals surface area contributed by atoms with Gasteiger partial charge in [-0.05, 0) is 11.4 Å². The lowest BCUT2D eigenvalue weighted by molar-refractivity contribution is 0.687. The minimum Gasteiger partial charge on any atom is -0.308 e. The molecule has 3 heterocycles.